The molecule has 2 aliphatic rings. The zero-order valence-electron chi connectivity index (χ0n) is 7.13. The van der Waals surface area contributed by atoms with Gasteiger partial charge in [0.15, 0.2) is 0 Å². The minimum absolute atomic E-state index is 0.620. The van der Waals surface area contributed by atoms with E-state index >= 15 is 0 Å². The lowest BCUT2D eigenvalue weighted by molar-refractivity contribution is 0.329. The van der Waals surface area contributed by atoms with Crippen LogP contribution in [0.5, 0.6) is 0 Å². The van der Waals surface area contributed by atoms with Crippen LogP contribution in [0.3, 0.4) is 0 Å². The molecule has 0 N–H and O–H groups in total. The van der Waals surface area contributed by atoms with Gasteiger partial charge in [-0.05, 0) is 19.4 Å². The van der Waals surface area contributed by atoms with Crippen LogP contribution >= 0.6 is 11.1 Å². The smallest absolute Gasteiger partial charge is 0.377 e. The molecule has 2 aliphatic heterocycles. The predicted octanol–water partition coefficient (Wildman–Crippen LogP) is 1.84. The molecule has 0 amide bonds. The second-order valence-electron chi connectivity index (χ2n) is 3.48. The first-order valence-electron chi connectivity index (χ1n) is 4.47. The van der Waals surface area contributed by atoms with Gasteiger partial charge < -0.3 is 4.43 Å². The van der Waals surface area contributed by atoms with Crippen LogP contribution in [0.15, 0.2) is 12.7 Å². The summed E-state index contributed by atoms with van der Waals surface area (Å²) in [7, 11) is -2.03. The summed E-state index contributed by atoms with van der Waals surface area (Å²) in [5, 5.41) is 0. The molecule has 2 atom stereocenters. The lowest BCUT2D eigenvalue weighted by Crippen LogP contribution is -2.45. The highest BCUT2D eigenvalue weighted by atomic mass is 35.6. The standard InChI is InChI=1S/C8H14ClNOSi/c1-2-6-12(9)10-5-3-4-8(10)7-11-12/h2,8H,1,3-7H2/t8-,12?/m0/s1. The SMILES string of the molecule is C=CC[Si]1(Cl)OC[C@@H]2CCCN21. The summed E-state index contributed by atoms with van der Waals surface area (Å²) in [6.07, 6.45) is 4.44. The topological polar surface area (TPSA) is 12.5 Å². The molecule has 0 aromatic rings. The molecule has 1 unspecified atom stereocenters. The van der Waals surface area contributed by atoms with Crippen LogP contribution in [0.25, 0.3) is 0 Å². The van der Waals surface area contributed by atoms with Crippen molar-refractivity contribution in [3.63, 3.8) is 0 Å². The monoisotopic (exact) mass is 203 g/mol. The molecule has 0 aliphatic carbocycles. The van der Waals surface area contributed by atoms with Gasteiger partial charge >= 0.3 is 7.79 Å². The number of fused-ring (bicyclic) bond motifs is 1. The van der Waals surface area contributed by atoms with Crippen molar-refractivity contribution in [2.45, 2.75) is 24.9 Å². The normalized spacial score (nSPS) is 41.6. The molecule has 2 rings (SSSR count). The van der Waals surface area contributed by atoms with Gasteiger partial charge in [-0.25, -0.2) is 0 Å². The zero-order valence-corrected chi connectivity index (χ0v) is 8.89. The quantitative estimate of drug-likeness (QED) is 0.386. The number of nitrogens with zero attached hydrogens (tertiary/aromatic N) is 1. The molecule has 4 heteroatoms. The number of rotatable bonds is 2. The molecule has 0 spiro atoms. The Labute approximate surface area is 79.1 Å². The van der Waals surface area contributed by atoms with Crippen molar-refractivity contribution >= 4 is 18.9 Å². The molecule has 0 bridgehead atoms. The molecule has 2 saturated heterocycles. The van der Waals surface area contributed by atoms with Gasteiger partial charge in [0, 0.05) is 12.1 Å². The molecule has 2 heterocycles. The van der Waals surface area contributed by atoms with E-state index in [0.717, 1.165) is 19.2 Å². The van der Waals surface area contributed by atoms with Gasteiger partial charge in [0.2, 0.25) is 0 Å². The van der Waals surface area contributed by atoms with Gasteiger partial charge in [-0.15, -0.1) is 17.7 Å². The van der Waals surface area contributed by atoms with Crippen molar-refractivity contribution in [1.82, 2.24) is 4.57 Å². The molecule has 2 fully saturated rings. The molecular formula is C8H14ClNOSi. The van der Waals surface area contributed by atoms with Crippen LogP contribution in [0.2, 0.25) is 6.04 Å². The fraction of sp³-hybridized carbons (Fsp3) is 0.750. The lowest BCUT2D eigenvalue weighted by atomic mass is 10.2. The Kier molecular flexibility index (Phi) is 2.29. The highest BCUT2D eigenvalue weighted by Crippen LogP contribution is 2.36. The fourth-order valence-corrected chi connectivity index (χ4v) is 5.86. The van der Waals surface area contributed by atoms with E-state index in [2.05, 4.69) is 11.1 Å². The molecule has 68 valence electrons. The highest BCUT2D eigenvalue weighted by Gasteiger charge is 2.50. The van der Waals surface area contributed by atoms with Gasteiger partial charge in [-0.2, -0.15) is 0 Å². The summed E-state index contributed by atoms with van der Waals surface area (Å²) in [5.74, 6) is 0. The maximum Gasteiger partial charge on any atom is 0.377 e. The van der Waals surface area contributed by atoms with Crippen molar-refractivity contribution < 1.29 is 4.43 Å². The van der Waals surface area contributed by atoms with E-state index in [0.29, 0.717) is 6.04 Å². The van der Waals surface area contributed by atoms with E-state index in [9.17, 15) is 0 Å². The number of hydrogen-bond donors (Lipinski definition) is 0. The van der Waals surface area contributed by atoms with Gasteiger partial charge in [-0.1, -0.05) is 6.08 Å². The first-order valence-corrected chi connectivity index (χ1v) is 7.54. The van der Waals surface area contributed by atoms with Gasteiger partial charge in [0.25, 0.3) is 0 Å². The van der Waals surface area contributed by atoms with Crippen LogP contribution in [0, 0.1) is 0 Å². The fourth-order valence-electron chi connectivity index (χ4n) is 2.11. The van der Waals surface area contributed by atoms with E-state index in [1.54, 1.807) is 0 Å². The Hall–Kier alpha value is 0.167. The average Bonchev–Trinajstić information content (AvgIpc) is 2.57. The van der Waals surface area contributed by atoms with Crippen molar-refractivity contribution in [1.29, 1.82) is 0 Å². The second-order valence-corrected chi connectivity index (χ2v) is 7.90. The largest absolute Gasteiger partial charge is 0.390 e. The van der Waals surface area contributed by atoms with Crippen LogP contribution in [-0.4, -0.2) is 31.5 Å². The Bertz CT molecular complexity index is 201. The summed E-state index contributed by atoms with van der Waals surface area (Å²) < 4.78 is 8.11. The maximum atomic E-state index is 6.44. The Balaban J connectivity index is 2.11. The first kappa shape index (κ1) is 8.75. The van der Waals surface area contributed by atoms with E-state index in [-0.39, 0.29) is 0 Å². The summed E-state index contributed by atoms with van der Waals surface area (Å²) >= 11 is 6.44. The minimum atomic E-state index is -2.03. The zero-order chi connectivity index (χ0) is 8.60. The number of allylic oxidation sites excluding steroid dienone is 1. The highest BCUT2D eigenvalue weighted by molar-refractivity contribution is 7.15. The molecule has 0 saturated carbocycles. The number of halogens is 1. The number of hydrogen-bond acceptors (Lipinski definition) is 2. The molecule has 0 aromatic carbocycles. The van der Waals surface area contributed by atoms with Gasteiger partial charge in [0.05, 0.1) is 6.61 Å². The molecule has 0 aromatic heterocycles. The third-order valence-corrected chi connectivity index (χ3v) is 6.99. The summed E-state index contributed by atoms with van der Waals surface area (Å²) in [6.45, 7) is 5.71. The van der Waals surface area contributed by atoms with Crippen LogP contribution in [0.1, 0.15) is 12.8 Å². The second kappa shape index (κ2) is 3.14. The van der Waals surface area contributed by atoms with E-state index in [4.69, 9.17) is 15.5 Å². The minimum Gasteiger partial charge on any atom is -0.390 e. The van der Waals surface area contributed by atoms with Crippen LogP contribution in [0.4, 0.5) is 0 Å². The third-order valence-electron chi connectivity index (χ3n) is 2.70. The molecule has 12 heavy (non-hydrogen) atoms. The predicted molar refractivity (Wildman–Crippen MR) is 52.3 cm³/mol. The Morgan fingerprint density at radius 1 is 1.75 bits per heavy atom. The van der Waals surface area contributed by atoms with Crippen molar-refractivity contribution in [2.75, 3.05) is 13.2 Å². The molecule has 2 nitrogen and oxygen atoms in total. The van der Waals surface area contributed by atoms with E-state index in [1.807, 2.05) is 6.08 Å². The van der Waals surface area contributed by atoms with Crippen molar-refractivity contribution in [3.8, 4) is 0 Å². The summed E-state index contributed by atoms with van der Waals surface area (Å²) in [5.41, 5.74) is 0. The van der Waals surface area contributed by atoms with Gasteiger partial charge in [0.1, 0.15) is 0 Å². The molecule has 0 radical (unpaired) electrons. The molecular weight excluding hydrogens is 190 g/mol. The Morgan fingerprint density at radius 2 is 2.58 bits per heavy atom. The first-order chi connectivity index (χ1) is 5.76. The van der Waals surface area contributed by atoms with Crippen LogP contribution < -0.4 is 0 Å². The third kappa shape index (κ3) is 1.25. The van der Waals surface area contributed by atoms with E-state index < -0.39 is 7.79 Å². The van der Waals surface area contributed by atoms with Crippen molar-refractivity contribution in [2.24, 2.45) is 0 Å². The lowest BCUT2D eigenvalue weighted by Gasteiger charge is -2.25. The van der Waals surface area contributed by atoms with Crippen molar-refractivity contribution in [3.05, 3.63) is 12.7 Å². The van der Waals surface area contributed by atoms with Gasteiger partial charge in [-0.3, -0.25) is 4.57 Å². The summed E-state index contributed by atoms with van der Waals surface area (Å²) in [4.78, 5) is 0. The maximum absolute atomic E-state index is 6.44. The Morgan fingerprint density at radius 3 is 3.33 bits per heavy atom. The van der Waals surface area contributed by atoms with Crippen LogP contribution in [-0.2, 0) is 4.43 Å². The van der Waals surface area contributed by atoms with E-state index in [1.165, 1.54) is 12.8 Å². The summed E-state index contributed by atoms with van der Waals surface area (Å²) in [6, 6.07) is 1.47. The average molecular weight is 204 g/mol.